The molecule has 0 atom stereocenters. The van der Waals surface area contributed by atoms with Crippen LogP contribution >= 0.6 is 0 Å². The van der Waals surface area contributed by atoms with E-state index in [1.807, 2.05) is 42.5 Å². The Balaban J connectivity index is 1.63. The van der Waals surface area contributed by atoms with Crippen molar-refractivity contribution >= 4 is 17.3 Å². The van der Waals surface area contributed by atoms with E-state index in [9.17, 15) is 4.79 Å². The molecule has 1 aliphatic rings. The Morgan fingerprint density at radius 2 is 1.41 bits per heavy atom. The van der Waals surface area contributed by atoms with Crippen LogP contribution in [0.3, 0.4) is 0 Å². The van der Waals surface area contributed by atoms with E-state index in [-0.39, 0.29) is 11.9 Å². The topological polar surface area (TPSA) is 51.0 Å². The van der Waals surface area contributed by atoms with Crippen LogP contribution in [0.15, 0.2) is 89.1 Å². The molecule has 3 rings (SSSR count). The van der Waals surface area contributed by atoms with Gasteiger partial charge < -0.3 is 4.74 Å². The van der Waals surface area contributed by atoms with Crippen LogP contribution in [0.4, 0.5) is 11.4 Å². The van der Waals surface area contributed by atoms with Gasteiger partial charge in [-0.2, -0.15) is 10.2 Å². The number of ether oxygens (including phenoxy) is 1. The average molecular weight is 290 g/mol. The Morgan fingerprint density at radius 1 is 0.818 bits per heavy atom. The van der Waals surface area contributed by atoms with E-state index in [1.54, 1.807) is 36.4 Å². The predicted molar refractivity (Wildman–Crippen MR) is 84.5 cm³/mol. The third-order valence-corrected chi connectivity index (χ3v) is 3.11. The molecule has 0 aliphatic heterocycles. The highest BCUT2D eigenvalue weighted by atomic mass is 16.5. The second-order valence-electron chi connectivity index (χ2n) is 4.75. The van der Waals surface area contributed by atoms with Gasteiger partial charge in [-0.15, -0.1) is 0 Å². The molecule has 2 aromatic rings. The van der Waals surface area contributed by atoms with Gasteiger partial charge in [0.1, 0.15) is 5.75 Å². The molecule has 4 nitrogen and oxygen atoms in total. The summed E-state index contributed by atoms with van der Waals surface area (Å²) in [6, 6.07) is 16.4. The number of carbonyl (C=O) groups is 1. The number of benzene rings is 2. The minimum atomic E-state index is -0.294. The van der Waals surface area contributed by atoms with Gasteiger partial charge in [-0.3, -0.25) is 4.79 Å². The molecule has 0 bridgehead atoms. The first kappa shape index (κ1) is 13.9. The van der Waals surface area contributed by atoms with Crippen molar-refractivity contribution in [2.45, 2.75) is 0 Å². The van der Waals surface area contributed by atoms with E-state index in [1.165, 1.54) is 0 Å². The van der Waals surface area contributed by atoms with Crippen molar-refractivity contribution < 1.29 is 9.53 Å². The molecule has 0 heterocycles. The summed E-state index contributed by atoms with van der Waals surface area (Å²) in [6.07, 6.45) is 7.26. The van der Waals surface area contributed by atoms with Crippen LogP contribution in [0.5, 0.6) is 5.75 Å². The first-order chi connectivity index (χ1) is 10.8. The quantitative estimate of drug-likeness (QED) is 0.463. The molecule has 0 fully saturated rings. The van der Waals surface area contributed by atoms with Crippen LogP contribution in [-0.4, -0.2) is 5.97 Å². The Morgan fingerprint density at radius 3 is 2.05 bits per heavy atom. The van der Waals surface area contributed by atoms with Crippen molar-refractivity contribution in [3.63, 3.8) is 0 Å². The van der Waals surface area contributed by atoms with Crippen LogP contribution in [0.25, 0.3) is 0 Å². The van der Waals surface area contributed by atoms with E-state index in [0.29, 0.717) is 11.4 Å². The van der Waals surface area contributed by atoms with Gasteiger partial charge in [0.2, 0.25) is 0 Å². The van der Waals surface area contributed by atoms with Crippen molar-refractivity contribution in [3.8, 4) is 5.75 Å². The van der Waals surface area contributed by atoms with E-state index in [4.69, 9.17) is 4.74 Å². The summed E-state index contributed by atoms with van der Waals surface area (Å²) in [5.74, 6) is -0.0848. The van der Waals surface area contributed by atoms with Gasteiger partial charge >= 0.3 is 5.97 Å². The standard InChI is InChI=1S/C18H14N2O2/c21-18(14-6-4-5-7-14)22-17-12-10-16(11-13-17)20-19-15-8-2-1-3-9-15/h1-14H. The number of hydrogen-bond donors (Lipinski definition) is 0. The Bertz CT molecular complexity index is 719. The third-order valence-electron chi connectivity index (χ3n) is 3.11. The zero-order chi connectivity index (χ0) is 15.2. The molecule has 108 valence electrons. The molecule has 0 spiro atoms. The van der Waals surface area contributed by atoms with E-state index < -0.39 is 0 Å². The normalized spacial score (nSPS) is 13.8. The zero-order valence-electron chi connectivity index (χ0n) is 11.8. The van der Waals surface area contributed by atoms with Gasteiger partial charge in [0.15, 0.2) is 0 Å². The summed E-state index contributed by atoms with van der Waals surface area (Å²) in [5.41, 5.74) is 1.49. The maximum atomic E-state index is 11.8. The van der Waals surface area contributed by atoms with Crippen molar-refractivity contribution in [2.75, 3.05) is 0 Å². The van der Waals surface area contributed by atoms with Crippen molar-refractivity contribution in [1.29, 1.82) is 0 Å². The summed E-state index contributed by atoms with van der Waals surface area (Å²) < 4.78 is 5.30. The number of esters is 1. The second-order valence-corrected chi connectivity index (χ2v) is 4.75. The minimum Gasteiger partial charge on any atom is -0.426 e. The molecule has 4 heteroatoms. The molecule has 0 N–H and O–H groups in total. The highest BCUT2D eigenvalue weighted by molar-refractivity contribution is 5.79. The van der Waals surface area contributed by atoms with E-state index in [0.717, 1.165) is 5.69 Å². The van der Waals surface area contributed by atoms with Crippen molar-refractivity contribution in [3.05, 3.63) is 78.9 Å². The van der Waals surface area contributed by atoms with Crippen LogP contribution in [0.2, 0.25) is 0 Å². The summed E-state index contributed by atoms with van der Waals surface area (Å²) in [5, 5.41) is 8.27. The van der Waals surface area contributed by atoms with Crippen LogP contribution < -0.4 is 4.74 Å². The highest BCUT2D eigenvalue weighted by Crippen LogP contribution is 2.22. The van der Waals surface area contributed by atoms with Gasteiger partial charge in [0.05, 0.1) is 17.3 Å². The van der Waals surface area contributed by atoms with Gasteiger partial charge in [0, 0.05) is 0 Å². The summed E-state index contributed by atoms with van der Waals surface area (Å²) >= 11 is 0. The molecule has 22 heavy (non-hydrogen) atoms. The monoisotopic (exact) mass is 290 g/mol. The Kier molecular flexibility index (Phi) is 4.20. The molecule has 2 aromatic carbocycles. The lowest BCUT2D eigenvalue weighted by Gasteiger charge is -2.06. The maximum Gasteiger partial charge on any atom is 0.322 e. The van der Waals surface area contributed by atoms with Crippen molar-refractivity contribution in [2.24, 2.45) is 16.1 Å². The smallest absolute Gasteiger partial charge is 0.322 e. The molecular weight excluding hydrogens is 276 g/mol. The molecule has 1 aliphatic carbocycles. The lowest BCUT2D eigenvalue weighted by Crippen LogP contribution is -2.15. The van der Waals surface area contributed by atoms with E-state index >= 15 is 0 Å². The number of carbonyl (C=O) groups excluding carboxylic acids is 1. The Hall–Kier alpha value is -3.01. The largest absolute Gasteiger partial charge is 0.426 e. The number of nitrogens with zero attached hydrogens (tertiary/aromatic N) is 2. The lowest BCUT2D eigenvalue weighted by molar-refractivity contribution is -0.135. The minimum absolute atomic E-state index is 0.288. The molecule has 0 aromatic heterocycles. The molecular formula is C18H14N2O2. The summed E-state index contributed by atoms with van der Waals surface area (Å²) in [6.45, 7) is 0. The van der Waals surface area contributed by atoms with E-state index in [2.05, 4.69) is 10.2 Å². The molecule has 0 saturated carbocycles. The highest BCUT2D eigenvalue weighted by Gasteiger charge is 2.16. The number of azo groups is 1. The molecule has 0 radical (unpaired) electrons. The molecule has 0 unspecified atom stereocenters. The van der Waals surface area contributed by atoms with Gasteiger partial charge in [0.25, 0.3) is 0 Å². The fraction of sp³-hybridized carbons (Fsp3) is 0.0556. The molecule has 0 saturated heterocycles. The zero-order valence-corrected chi connectivity index (χ0v) is 11.8. The summed E-state index contributed by atoms with van der Waals surface area (Å²) in [4.78, 5) is 11.8. The second kappa shape index (κ2) is 6.63. The maximum absolute atomic E-state index is 11.8. The van der Waals surface area contributed by atoms with Crippen LogP contribution in [0.1, 0.15) is 0 Å². The van der Waals surface area contributed by atoms with Gasteiger partial charge in [-0.1, -0.05) is 42.5 Å². The first-order valence-corrected chi connectivity index (χ1v) is 6.95. The van der Waals surface area contributed by atoms with Crippen LogP contribution in [-0.2, 0) is 4.79 Å². The Labute approximate surface area is 128 Å². The van der Waals surface area contributed by atoms with Gasteiger partial charge in [-0.05, 0) is 36.4 Å². The molecule has 0 amide bonds. The van der Waals surface area contributed by atoms with Crippen molar-refractivity contribution in [1.82, 2.24) is 0 Å². The average Bonchev–Trinajstić information content (AvgIpc) is 3.10. The van der Waals surface area contributed by atoms with Crippen LogP contribution in [0, 0.1) is 5.92 Å². The fourth-order valence-electron chi connectivity index (χ4n) is 1.96. The first-order valence-electron chi connectivity index (χ1n) is 6.95. The number of rotatable bonds is 4. The summed E-state index contributed by atoms with van der Waals surface area (Å²) in [7, 11) is 0. The predicted octanol–water partition coefficient (Wildman–Crippen LogP) is 4.75. The fourth-order valence-corrected chi connectivity index (χ4v) is 1.96. The lowest BCUT2D eigenvalue weighted by atomic mass is 10.2. The number of allylic oxidation sites excluding steroid dienone is 2. The van der Waals surface area contributed by atoms with Gasteiger partial charge in [-0.25, -0.2) is 0 Å². The SMILES string of the molecule is O=C(Oc1ccc(N=Nc2ccccc2)cc1)C1C=CC=C1. The third kappa shape index (κ3) is 3.55. The number of hydrogen-bond acceptors (Lipinski definition) is 4.